The summed E-state index contributed by atoms with van der Waals surface area (Å²) < 4.78 is 6.48. The molecule has 9 heteroatoms. The van der Waals surface area contributed by atoms with E-state index >= 15 is 0 Å². The van der Waals surface area contributed by atoms with E-state index in [1.807, 2.05) is 6.92 Å². The Kier molecular flexibility index (Phi) is 5.20. The van der Waals surface area contributed by atoms with E-state index in [9.17, 15) is 9.59 Å². The lowest BCUT2D eigenvalue weighted by molar-refractivity contribution is 0.262. The number of ether oxygens (including phenoxy) is 1. The fraction of sp³-hybridized carbons (Fsp3) is 0.222. The van der Waals surface area contributed by atoms with Crippen LogP contribution in [0.3, 0.4) is 0 Å². The normalized spacial score (nSPS) is 10.5. The first-order valence-electron chi connectivity index (χ1n) is 8.38. The van der Waals surface area contributed by atoms with Crippen molar-refractivity contribution in [2.24, 2.45) is 0 Å². The van der Waals surface area contributed by atoms with Crippen LogP contribution in [-0.2, 0) is 6.42 Å². The Labute approximate surface area is 155 Å². The fourth-order valence-corrected chi connectivity index (χ4v) is 2.48. The number of H-pyrrole nitrogens is 1. The second-order valence-electron chi connectivity index (χ2n) is 5.80. The maximum absolute atomic E-state index is 12.3. The van der Waals surface area contributed by atoms with Crippen molar-refractivity contribution in [2.75, 3.05) is 17.7 Å². The van der Waals surface area contributed by atoms with Crippen molar-refractivity contribution in [3.8, 4) is 11.7 Å². The van der Waals surface area contributed by atoms with E-state index in [1.54, 1.807) is 44.4 Å². The number of anilines is 2. The van der Waals surface area contributed by atoms with Gasteiger partial charge in [-0.05, 0) is 37.6 Å². The number of benzene rings is 1. The molecule has 0 bridgehead atoms. The zero-order valence-corrected chi connectivity index (χ0v) is 15.2. The Bertz CT molecular complexity index is 1010. The zero-order chi connectivity index (χ0) is 19.4. The highest BCUT2D eigenvalue weighted by Crippen LogP contribution is 2.17. The van der Waals surface area contributed by atoms with E-state index in [0.29, 0.717) is 35.1 Å². The van der Waals surface area contributed by atoms with E-state index in [4.69, 9.17) is 4.74 Å². The quantitative estimate of drug-likeness (QED) is 0.640. The summed E-state index contributed by atoms with van der Waals surface area (Å²) in [6.45, 7) is 3.69. The summed E-state index contributed by atoms with van der Waals surface area (Å²) in [6.07, 6.45) is 0.609. The number of rotatable bonds is 5. The van der Waals surface area contributed by atoms with E-state index < -0.39 is 6.03 Å². The number of urea groups is 1. The van der Waals surface area contributed by atoms with Crippen LogP contribution in [0.2, 0.25) is 0 Å². The van der Waals surface area contributed by atoms with Gasteiger partial charge in [-0.2, -0.15) is 9.78 Å². The number of carbonyl (C=O) groups excluding carboxylic acids is 1. The van der Waals surface area contributed by atoms with Crippen molar-refractivity contribution < 1.29 is 9.53 Å². The lowest BCUT2D eigenvalue weighted by Gasteiger charge is -2.10. The molecule has 1 aromatic carbocycles. The van der Waals surface area contributed by atoms with E-state index in [1.165, 1.54) is 10.7 Å². The third-order valence-corrected chi connectivity index (χ3v) is 3.77. The number of hydrogen-bond donors (Lipinski definition) is 3. The first-order chi connectivity index (χ1) is 13.0. The number of nitrogens with zero attached hydrogens (tertiary/aromatic N) is 3. The van der Waals surface area contributed by atoms with E-state index in [-0.39, 0.29) is 11.5 Å². The summed E-state index contributed by atoms with van der Waals surface area (Å²) in [7, 11) is 1.57. The van der Waals surface area contributed by atoms with Crippen LogP contribution in [0.5, 0.6) is 5.75 Å². The largest absolute Gasteiger partial charge is 0.497 e. The zero-order valence-electron chi connectivity index (χ0n) is 15.2. The predicted molar refractivity (Wildman–Crippen MR) is 102 cm³/mol. The van der Waals surface area contributed by atoms with Crippen LogP contribution in [0.15, 0.2) is 41.2 Å². The number of aryl methyl sites for hydroxylation is 2. The van der Waals surface area contributed by atoms with Gasteiger partial charge in [-0.25, -0.2) is 9.78 Å². The van der Waals surface area contributed by atoms with Crippen LogP contribution in [0.1, 0.15) is 18.3 Å². The SMILES string of the molecule is CCc1cc(=O)[nH]c(-n2nc(C)cc2NC(=O)Nc2ccc(OC)cc2)n1. The number of hydrogen-bond acceptors (Lipinski definition) is 5. The molecule has 3 rings (SSSR count). The van der Waals surface area contributed by atoms with Gasteiger partial charge in [-0.1, -0.05) is 6.92 Å². The Hall–Kier alpha value is -3.62. The number of aromatic amines is 1. The van der Waals surface area contributed by atoms with Gasteiger partial charge in [0.25, 0.3) is 5.56 Å². The van der Waals surface area contributed by atoms with Gasteiger partial charge in [0.15, 0.2) is 0 Å². The number of methoxy groups -OCH3 is 1. The minimum absolute atomic E-state index is 0.243. The summed E-state index contributed by atoms with van der Waals surface area (Å²) in [5, 5.41) is 9.75. The van der Waals surface area contributed by atoms with Crippen molar-refractivity contribution in [3.63, 3.8) is 0 Å². The molecule has 9 nitrogen and oxygen atoms in total. The molecule has 0 saturated heterocycles. The molecule has 0 unspecified atom stereocenters. The third-order valence-electron chi connectivity index (χ3n) is 3.77. The maximum Gasteiger partial charge on any atom is 0.324 e. The highest BCUT2D eigenvalue weighted by Gasteiger charge is 2.13. The average molecular weight is 368 g/mol. The van der Waals surface area contributed by atoms with Crippen LogP contribution < -0.4 is 20.9 Å². The summed E-state index contributed by atoms with van der Waals surface area (Å²) >= 11 is 0. The molecule has 2 amide bonds. The average Bonchev–Trinajstić information content (AvgIpc) is 3.01. The maximum atomic E-state index is 12.3. The minimum Gasteiger partial charge on any atom is -0.497 e. The highest BCUT2D eigenvalue weighted by atomic mass is 16.5. The Balaban J connectivity index is 1.82. The van der Waals surface area contributed by atoms with Crippen LogP contribution in [0.25, 0.3) is 5.95 Å². The Morgan fingerprint density at radius 2 is 1.96 bits per heavy atom. The lowest BCUT2D eigenvalue weighted by Crippen LogP contribution is -2.22. The van der Waals surface area contributed by atoms with Crippen molar-refractivity contribution in [2.45, 2.75) is 20.3 Å². The molecule has 27 heavy (non-hydrogen) atoms. The van der Waals surface area contributed by atoms with E-state index in [0.717, 1.165) is 0 Å². The summed E-state index contributed by atoms with van der Waals surface area (Å²) in [6, 6.07) is 9.62. The second kappa shape index (κ2) is 7.73. The molecule has 0 aliphatic carbocycles. The van der Waals surface area contributed by atoms with Gasteiger partial charge in [0.05, 0.1) is 12.8 Å². The second-order valence-corrected chi connectivity index (χ2v) is 5.80. The van der Waals surface area contributed by atoms with Crippen LogP contribution in [-0.4, -0.2) is 32.9 Å². The molecule has 0 saturated carbocycles. The molecule has 2 aromatic heterocycles. The standard InChI is InChI=1S/C18H20N6O3/c1-4-12-10-16(25)22-17(19-12)24-15(9-11(2)23-24)21-18(26)20-13-5-7-14(27-3)8-6-13/h5-10H,4H2,1-3H3,(H,19,22,25)(H2,20,21,26). The molecular weight excluding hydrogens is 348 g/mol. The molecule has 0 atom stereocenters. The van der Waals surface area contributed by atoms with Gasteiger partial charge in [-0.3, -0.25) is 15.1 Å². The topological polar surface area (TPSA) is 114 Å². The van der Waals surface area contributed by atoms with Gasteiger partial charge >= 0.3 is 6.03 Å². The number of carbonyl (C=O) groups is 1. The first kappa shape index (κ1) is 18.2. The van der Waals surface area contributed by atoms with Crippen molar-refractivity contribution in [1.29, 1.82) is 0 Å². The van der Waals surface area contributed by atoms with Gasteiger partial charge in [0, 0.05) is 23.5 Å². The third kappa shape index (κ3) is 4.32. The predicted octanol–water partition coefficient (Wildman–Crippen LogP) is 2.48. The lowest BCUT2D eigenvalue weighted by atomic mass is 10.3. The molecule has 3 N–H and O–H groups in total. The molecular formula is C18H20N6O3. The van der Waals surface area contributed by atoms with Crippen molar-refractivity contribution in [1.82, 2.24) is 19.7 Å². The fourth-order valence-electron chi connectivity index (χ4n) is 2.48. The van der Waals surface area contributed by atoms with Crippen molar-refractivity contribution in [3.05, 3.63) is 58.1 Å². The summed E-state index contributed by atoms with van der Waals surface area (Å²) in [5.74, 6) is 1.32. The first-order valence-corrected chi connectivity index (χ1v) is 8.38. The Morgan fingerprint density at radius 1 is 1.22 bits per heavy atom. The van der Waals surface area contributed by atoms with Crippen LogP contribution >= 0.6 is 0 Å². The number of amides is 2. The molecule has 0 radical (unpaired) electrons. The van der Waals surface area contributed by atoms with Gasteiger partial charge < -0.3 is 10.1 Å². The molecule has 0 spiro atoms. The van der Waals surface area contributed by atoms with Crippen LogP contribution in [0, 0.1) is 6.92 Å². The Morgan fingerprint density at radius 3 is 2.63 bits per heavy atom. The summed E-state index contributed by atoms with van der Waals surface area (Å²) in [4.78, 5) is 31.2. The molecule has 0 aliphatic rings. The minimum atomic E-state index is -0.449. The monoisotopic (exact) mass is 368 g/mol. The number of aromatic nitrogens is 4. The molecule has 140 valence electrons. The van der Waals surface area contributed by atoms with Crippen LogP contribution in [0.4, 0.5) is 16.3 Å². The van der Waals surface area contributed by atoms with Gasteiger partial charge in [-0.15, -0.1) is 0 Å². The highest BCUT2D eigenvalue weighted by molar-refractivity contribution is 5.99. The summed E-state index contributed by atoms with van der Waals surface area (Å²) in [5.41, 5.74) is 1.63. The van der Waals surface area contributed by atoms with Crippen molar-refractivity contribution >= 4 is 17.5 Å². The van der Waals surface area contributed by atoms with E-state index in [2.05, 4.69) is 25.7 Å². The number of nitrogens with one attached hydrogen (secondary N) is 3. The molecule has 2 heterocycles. The molecule has 3 aromatic rings. The van der Waals surface area contributed by atoms with Gasteiger partial charge in [0.2, 0.25) is 5.95 Å². The molecule has 0 fully saturated rings. The molecule has 0 aliphatic heterocycles. The smallest absolute Gasteiger partial charge is 0.324 e. The van der Waals surface area contributed by atoms with Gasteiger partial charge in [0.1, 0.15) is 11.6 Å².